The smallest absolute Gasteiger partial charge is 0.0949 e. The number of rotatable bonds is 3. The van der Waals surface area contributed by atoms with Crippen LogP contribution in [0, 0.1) is 11.3 Å². The molecule has 2 rings (SSSR count). The largest absolute Gasteiger partial charge is 0.333 e. The Morgan fingerprint density at radius 2 is 2.12 bits per heavy atom. The Morgan fingerprint density at radius 3 is 2.75 bits per heavy atom. The van der Waals surface area contributed by atoms with Crippen LogP contribution in [0.4, 0.5) is 0 Å². The second-order valence-corrected chi connectivity index (χ2v) is 3.44. The number of nitrogens with zero attached hydrogens (tertiary/aromatic N) is 3. The number of hydrogen-bond donors (Lipinski definition) is 0. The molecule has 0 unspecified atom stereocenters. The maximum atomic E-state index is 8.41. The average Bonchev–Trinajstić information content (AvgIpc) is 2.81. The van der Waals surface area contributed by atoms with Crippen molar-refractivity contribution in [2.75, 3.05) is 0 Å². The van der Waals surface area contributed by atoms with Crippen molar-refractivity contribution in [3.8, 4) is 6.07 Å². The molecular formula is C13H11N3. The molecule has 3 heteroatoms. The minimum atomic E-state index is 0.822. The van der Waals surface area contributed by atoms with Crippen LogP contribution >= 0.6 is 0 Å². The van der Waals surface area contributed by atoms with Gasteiger partial charge in [-0.05, 0) is 17.2 Å². The molecular weight excluding hydrogens is 198 g/mol. The molecule has 0 radical (unpaired) electrons. The lowest BCUT2D eigenvalue weighted by atomic mass is 10.1. The van der Waals surface area contributed by atoms with Gasteiger partial charge < -0.3 is 4.57 Å². The summed E-state index contributed by atoms with van der Waals surface area (Å²) in [5, 5.41) is 8.41. The van der Waals surface area contributed by atoms with E-state index in [1.165, 1.54) is 11.6 Å². The quantitative estimate of drug-likeness (QED) is 0.729. The Hall–Kier alpha value is -2.34. The lowest BCUT2D eigenvalue weighted by molar-refractivity contribution is 0.797. The number of hydrogen-bond acceptors (Lipinski definition) is 2. The van der Waals surface area contributed by atoms with E-state index in [2.05, 4.69) is 17.1 Å². The lowest BCUT2D eigenvalue weighted by Gasteiger charge is -2.02. The summed E-state index contributed by atoms with van der Waals surface area (Å²) in [5.74, 6) is 0. The van der Waals surface area contributed by atoms with Gasteiger partial charge in [0.25, 0.3) is 0 Å². The Morgan fingerprint density at radius 1 is 1.31 bits per heavy atom. The van der Waals surface area contributed by atoms with Crippen LogP contribution in [0.25, 0.3) is 6.08 Å². The Balaban J connectivity index is 2.08. The van der Waals surface area contributed by atoms with E-state index in [4.69, 9.17) is 5.26 Å². The van der Waals surface area contributed by atoms with Gasteiger partial charge >= 0.3 is 0 Å². The molecule has 0 fully saturated rings. The second kappa shape index (κ2) is 4.94. The maximum absolute atomic E-state index is 8.41. The van der Waals surface area contributed by atoms with Crippen LogP contribution in [-0.2, 0) is 6.54 Å². The molecule has 0 aliphatic rings. The van der Waals surface area contributed by atoms with E-state index < -0.39 is 0 Å². The highest BCUT2D eigenvalue weighted by Gasteiger charge is 1.94. The third-order valence-electron chi connectivity index (χ3n) is 2.25. The number of benzene rings is 1. The van der Waals surface area contributed by atoms with Gasteiger partial charge in [0.1, 0.15) is 0 Å². The summed E-state index contributed by atoms with van der Waals surface area (Å²) in [6.45, 7) is 0.822. The fourth-order valence-electron chi connectivity index (χ4n) is 1.46. The van der Waals surface area contributed by atoms with Crippen molar-refractivity contribution in [1.29, 1.82) is 5.26 Å². The predicted octanol–water partition coefficient (Wildman–Crippen LogP) is 2.47. The first-order valence-electron chi connectivity index (χ1n) is 4.99. The number of imidazole rings is 1. The van der Waals surface area contributed by atoms with Crippen LogP contribution in [-0.4, -0.2) is 9.55 Å². The number of nitriles is 1. The van der Waals surface area contributed by atoms with Crippen molar-refractivity contribution >= 4 is 6.08 Å². The standard InChI is InChI=1S/C13H11N3/c14-7-1-2-12-3-5-13(6-4-12)10-16-9-8-15-11-16/h1-6,8-9,11H,10H2/b2-1+. The summed E-state index contributed by atoms with van der Waals surface area (Å²) >= 11 is 0. The molecule has 0 saturated carbocycles. The van der Waals surface area contributed by atoms with Crippen molar-refractivity contribution in [3.05, 3.63) is 60.2 Å². The molecule has 3 nitrogen and oxygen atoms in total. The van der Waals surface area contributed by atoms with Crippen LogP contribution in [0.2, 0.25) is 0 Å². The molecule has 0 atom stereocenters. The highest BCUT2D eigenvalue weighted by atomic mass is 15.0. The van der Waals surface area contributed by atoms with Crippen LogP contribution in [0.5, 0.6) is 0 Å². The molecule has 1 heterocycles. The van der Waals surface area contributed by atoms with E-state index in [1.807, 2.05) is 29.0 Å². The third kappa shape index (κ3) is 2.58. The molecule has 0 saturated heterocycles. The average molecular weight is 209 g/mol. The van der Waals surface area contributed by atoms with Crippen molar-refractivity contribution in [2.24, 2.45) is 0 Å². The highest BCUT2D eigenvalue weighted by molar-refractivity contribution is 5.52. The van der Waals surface area contributed by atoms with E-state index in [0.717, 1.165) is 12.1 Å². The van der Waals surface area contributed by atoms with Gasteiger partial charge in [-0.2, -0.15) is 5.26 Å². The first-order chi connectivity index (χ1) is 7.88. The van der Waals surface area contributed by atoms with Gasteiger partial charge in [-0.25, -0.2) is 4.98 Å². The molecule has 0 amide bonds. The zero-order valence-electron chi connectivity index (χ0n) is 8.74. The van der Waals surface area contributed by atoms with Crippen molar-refractivity contribution < 1.29 is 0 Å². The Bertz CT molecular complexity index is 501. The van der Waals surface area contributed by atoms with Gasteiger partial charge in [-0.15, -0.1) is 0 Å². The first kappa shape index (κ1) is 10.2. The van der Waals surface area contributed by atoms with Gasteiger partial charge in [0.2, 0.25) is 0 Å². The Kier molecular flexibility index (Phi) is 3.15. The molecule has 0 aliphatic heterocycles. The molecule has 0 N–H and O–H groups in total. The lowest BCUT2D eigenvalue weighted by Crippen LogP contribution is -1.95. The van der Waals surface area contributed by atoms with E-state index in [1.54, 1.807) is 18.6 Å². The fourth-order valence-corrected chi connectivity index (χ4v) is 1.46. The van der Waals surface area contributed by atoms with Gasteiger partial charge in [0.05, 0.1) is 12.4 Å². The normalized spacial score (nSPS) is 10.4. The maximum Gasteiger partial charge on any atom is 0.0949 e. The van der Waals surface area contributed by atoms with E-state index >= 15 is 0 Å². The summed E-state index contributed by atoms with van der Waals surface area (Å²) in [4.78, 5) is 3.99. The van der Waals surface area contributed by atoms with Crippen LogP contribution in [0.15, 0.2) is 49.1 Å². The molecule has 0 aliphatic carbocycles. The summed E-state index contributed by atoms with van der Waals surface area (Å²) in [5.41, 5.74) is 2.25. The van der Waals surface area contributed by atoms with Gasteiger partial charge in [0, 0.05) is 25.0 Å². The number of aromatic nitrogens is 2. The Labute approximate surface area is 94.3 Å². The topological polar surface area (TPSA) is 41.6 Å². The van der Waals surface area contributed by atoms with Gasteiger partial charge in [0.15, 0.2) is 0 Å². The first-order valence-corrected chi connectivity index (χ1v) is 4.99. The molecule has 2 aromatic rings. The minimum absolute atomic E-state index is 0.822. The predicted molar refractivity (Wildman–Crippen MR) is 62.4 cm³/mol. The van der Waals surface area contributed by atoms with E-state index in [0.29, 0.717) is 0 Å². The van der Waals surface area contributed by atoms with Crippen molar-refractivity contribution in [3.63, 3.8) is 0 Å². The minimum Gasteiger partial charge on any atom is -0.333 e. The van der Waals surface area contributed by atoms with Crippen molar-refractivity contribution in [1.82, 2.24) is 9.55 Å². The zero-order chi connectivity index (χ0) is 11.2. The summed E-state index contributed by atoms with van der Waals surface area (Å²) in [6, 6.07) is 10.1. The highest BCUT2D eigenvalue weighted by Crippen LogP contribution is 2.07. The summed E-state index contributed by atoms with van der Waals surface area (Å²) in [6.07, 6.45) is 8.77. The molecule has 16 heavy (non-hydrogen) atoms. The van der Waals surface area contributed by atoms with E-state index in [9.17, 15) is 0 Å². The summed E-state index contributed by atoms with van der Waals surface area (Å²) in [7, 11) is 0. The second-order valence-electron chi connectivity index (χ2n) is 3.44. The third-order valence-corrected chi connectivity index (χ3v) is 2.25. The van der Waals surface area contributed by atoms with Gasteiger partial charge in [-0.3, -0.25) is 0 Å². The molecule has 0 spiro atoms. The van der Waals surface area contributed by atoms with Crippen molar-refractivity contribution in [2.45, 2.75) is 6.54 Å². The fraction of sp³-hybridized carbons (Fsp3) is 0.0769. The molecule has 78 valence electrons. The summed E-state index contributed by atoms with van der Waals surface area (Å²) < 4.78 is 2.01. The number of allylic oxidation sites excluding steroid dienone is 1. The monoisotopic (exact) mass is 209 g/mol. The SMILES string of the molecule is N#C/C=C/c1ccc(Cn2ccnc2)cc1. The molecule has 1 aromatic carbocycles. The van der Waals surface area contributed by atoms with Gasteiger partial charge in [-0.1, -0.05) is 24.3 Å². The van der Waals surface area contributed by atoms with Crippen LogP contribution in [0.3, 0.4) is 0 Å². The van der Waals surface area contributed by atoms with E-state index in [-0.39, 0.29) is 0 Å². The van der Waals surface area contributed by atoms with Crippen LogP contribution < -0.4 is 0 Å². The molecule has 1 aromatic heterocycles. The zero-order valence-corrected chi connectivity index (χ0v) is 8.74. The molecule has 0 bridgehead atoms. The van der Waals surface area contributed by atoms with Crippen LogP contribution in [0.1, 0.15) is 11.1 Å².